The topological polar surface area (TPSA) is 70.8 Å². The Morgan fingerprint density at radius 3 is 2.57 bits per heavy atom. The number of hydrogen-bond acceptors (Lipinski definition) is 4. The van der Waals surface area contributed by atoms with Crippen LogP contribution < -0.4 is 4.90 Å². The van der Waals surface area contributed by atoms with Crippen molar-refractivity contribution in [2.45, 2.75) is 25.2 Å². The number of aryl methyl sites for hydroxylation is 1. The molecular formula is C24H22ClNO4. The minimum atomic E-state index is -1.38. The maximum Gasteiger partial charge on any atom is 0.240 e. The fourth-order valence-corrected chi connectivity index (χ4v) is 4.21. The number of carbonyl (C=O) groups excluding carboxylic acids is 2. The summed E-state index contributed by atoms with van der Waals surface area (Å²) in [7, 11) is 0. The number of rotatable bonds is 7. The highest BCUT2D eigenvalue weighted by molar-refractivity contribution is 6.31. The van der Waals surface area contributed by atoms with Crippen LogP contribution in [0.5, 0.6) is 0 Å². The van der Waals surface area contributed by atoms with Crippen molar-refractivity contribution in [1.29, 1.82) is 0 Å². The van der Waals surface area contributed by atoms with Crippen molar-refractivity contribution in [2.24, 2.45) is 0 Å². The SMILES string of the molecule is Cc1ccc(C(=O)CC2(CO)C(=O)N(CCc3ccccc3)c3ccc(Cl)cc32)o1. The van der Waals surface area contributed by atoms with Gasteiger partial charge >= 0.3 is 0 Å². The lowest BCUT2D eigenvalue weighted by Gasteiger charge is -2.26. The summed E-state index contributed by atoms with van der Waals surface area (Å²) in [5.74, 6) is 0.165. The van der Waals surface area contributed by atoms with E-state index in [0.29, 0.717) is 35.0 Å². The van der Waals surface area contributed by atoms with Gasteiger partial charge in [0, 0.05) is 23.7 Å². The number of furan rings is 1. The molecule has 154 valence electrons. The summed E-state index contributed by atoms with van der Waals surface area (Å²) >= 11 is 6.22. The van der Waals surface area contributed by atoms with Crippen molar-refractivity contribution >= 4 is 29.0 Å². The maximum absolute atomic E-state index is 13.6. The monoisotopic (exact) mass is 423 g/mol. The molecule has 0 fully saturated rings. The third-order valence-corrected chi connectivity index (χ3v) is 5.87. The molecule has 0 spiro atoms. The first kappa shape index (κ1) is 20.4. The lowest BCUT2D eigenvalue weighted by atomic mass is 9.77. The van der Waals surface area contributed by atoms with Gasteiger partial charge in [-0.3, -0.25) is 9.59 Å². The van der Waals surface area contributed by atoms with Gasteiger partial charge in [0.25, 0.3) is 0 Å². The first-order valence-electron chi connectivity index (χ1n) is 9.81. The molecular weight excluding hydrogens is 402 g/mol. The largest absolute Gasteiger partial charge is 0.458 e. The molecule has 2 aromatic carbocycles. The fraction of sp³-hybridized carbons (Fsp3) is 0.250. The first-order chi connectivity index (χ1) is 14.4. The molecule has 30 heavy (non-hydrogen) atoms. The molecule has 4 rings (SSSR count). The Morgan fingerprint density at radius 1 is 1.13 bits per heavy atom. The minimum absolute atomic E-state index is 0.180. The second-order valence-corrected chi connectivity index (χ2v) is 8.04. The average molecular weight is 424 g/mol. The predicted molar refractivity (Wildman–Crippen MR) is 115 cm³/mol. The van der Waals surface area contributed by atoms with E-state index in [0.717, 1.165) is 5.56 Å². The number of aliphatic hydroxyl groups is 1. The van der Waals surface area contributed by atoms with E-state index in [1.54, 1.807) is 42.2 Å². The molecule has 0 aliphatic carbocycles. The second-order valence-electron chi connectivity index (χ2n) is 7.60. The van der Waals surface area contributed by atoms with Crippen LogP contribution in [-0.2, 0) is 16.6 Å². The molecule has 1 aliphatic heterocycles. The van der Waals surface area contributed by atoms with Crippen LogP contribution in [0.25, 0.3) is 0 Å². The molecule has 1 aromatic heterocycles. The number of fused-ring (bicyclic) bond motifs is 1. The molecule has 0 saturated heterocycles. The van der Waals surface area contributed by atoms with Gasteiger partial charge in [-0.15, -0.1) is 0 Å². The zero-order valence-corrected chi connectivity index (χ0v) is 17.4. The van der Waals surface area contributed by atoms with E-state index in [2.05, 4.69) is 0 Å². The molecule has 1 N–H and O–H groups in total. The zero-order chi connectivity index (χ0) is 21.3. The van der Waals surface area contributed by atoms with Crippen LogP contribution in [-0.4, -0.2) is 29.9 Å². The summed E-state index contributed by atoms with van der Waals surface area (Å²) < 4.78 is 5.44. The Kier molecular flexibility index (Phi) is 5.50. The third kappa shape index (κ3) is 3.55. The van der Waals surface area contributed by atoms with Gasteiger partial charge in [0.15, 0.2) is 11.5 Å². The van der Waals surface area contributed by atoms with Gasteiger partial charge < -0.3 is 14.4 Å². The molecule has 6 heteroatoms. The zero-order valence-electron chi connectivity index (χ0n) is 16.6. The number of ketones is 1. The Hall–Kier alpha value is -2.89. The molecule has 5 nitrogen and oxygen atoms in total. The van der Waals surface area contributed by atoms with Crippen LogP contribution in [0.3, 0.4) is 0 Å². The van der Waals surface area contributed by atoms with E-state index >= 15 is 0 Å². The molecule has 1 amide bonds. The fourth-order valence-electron chi connectivity index (χ4n) is 4.04. The standard InChI is InChI=1S/C24H22ClNO4/c1-16-7-10-22(30-16)21(28)14-24(15-27)19-13-18(25)8-9-20(19)26(23(24)29)12-11-17-5-3-2-4-6-17/h2-10,13,27H,11-12,14-15H2,1H3. The van der Waals surface area contributed by atoms with Gasteiger partial charge in [-0.05, 0) is 54.8 Å². The van der Waals surface area contributed by atoms with Crippen LogP contribution in [0.15, 0.2) is 65.1 Å². The van der Waals surface area contributed by atoms with Gasteiger partial charge in [-0.2, -0.15) is 0 Å². The van der Waals surface area contributed by atoms with E-state index in [4.69, 9.17) is 16.0 Å². The highest BCUT2D eigenvalue weighted by Crippen LogP contribution is 2.45. The van der Waals surface area contributed by atoms with Crippen molar-refractivity contribution in [3.63, 3.8) is 0 Å². The predicted octanol–water partition coefficient (Wildman–Crippen LogP) is 4.33. The van der Waals surface area contributed by atoms with E-state index in [1.807, 2.05) is 30.3 Å². The molecule has 0 saturated carbocycles. The van der Waals surface area contributed by atoms with Crippen LogP contribution in [0, 0.1) is 6.92 Å². The maximum atomic E-state index is 13.6. The molecule has 0 bridgehead atoms. The number of benzene rings is 2. The van der Waals surface area contributed by atoms with Crippen LogP contribution >= 0.6 is 11.6 Å². The quantitative estimate of drug-likeness (QED) is 0.574. The van der Waals surface area contributed by atoms with Crippen molar-refractivity contribution in [2.75, 3.05) is 18.1 Å². The number of hydrogen-bond donors (Lipinski definition) is 1. The Labute approximate surface area is 179 Å². The number of nitrogens with zero attached hydrogens (tertiary/aromatic N) is 1. The summed E-state index contributed by atoms with van der Waals surface area (Å²) in [6, 6.07) is 18.3. The highest BCUT2D eigenvalue weighted by Gasteiger charge is 2.52. The number of halogens is 1. The van der Waals surface area contributed by atoms with E-state index in [9.17, 15) is 14.7 Å². The summed E-state index contributed by atoms with van der Waals surface area (Å²) in [6.45, 7) is 1.69. The Bertz CT molecular complexity index is 1090. The van der Waals surface area contributed by atoms with Gasteiger partial charge in [0.05, 0.1) is 6.61 Å². The number of carbonyl (C=O) groups is 2. The van der Waals surface area contributed by atoms with Gasteiger partial charge in [-0.1, -0.05) is 41.9 Å². The molecule has 1 atom stereocenters. The van der Waals surface area contributed by atoms with E-state index in [-0.39, 0.29) is 23.9 Å². The van der Waals surface area contributed by atoms with Crippen LogP contribution in [0.4, 0.5) is 5.69 Å². The number of amides is 1. The van der Waals surface area contributed by atoms with Crippen molar-refractivity contribution < 1.29 is 19.1 Å². The number of aliphatic hydroxyl groups excluding tert-OH is 1. The smallest absolute Gasteiger partial charge is 0.240 e. The van der Waals surface area contributed by atoms with E-state index < -0.39 is 12.0 Å². The molecule has 0 radical (unpaired) electrons. The third-order valence-electron chi connectivity index (χ3n) is 5.63. The molecule has 1 aliphatic rings. The van der Waals surface area contributed by atoms with Gasteiger partial charge in [0.1, 0.15) is 11.2 Å². The van der Waals surface area contributed by atoms with Gasteiger partial charge in [0.2, 0.25) is 5.91 Å². The van der Waals surface area contributed by atoms with Crippen molar-refractivity contribution in [3.8, 4) is 0 Å². The highest BCUT2D eigenvalue weighted by atomic mass is 35.5. The Morgan fingerprint density at radius 2 is 1.90 bits per heavy atom. The van der Waals surface area contributed by atoms with Gasteiger partial charge in [-0.25, -0.2) is 0 Å². The van der Waals surface area contributed by atoms with Crippen LogP contribution in [0.2, 0.25) is 5.02 Å². The summed E-state index contributed by atoms with van der Waals surface area (Å²) in [5, 5.41) is 10.8. The Balaban J connectivity index is 1.69. The summed E-state index contributed by atoms with van der Waals surface area (Å²) in [4.78, 5) is 28.1. The summed E-state index contributed by atoms with van der Waals surface area (Å²) in [6.07, 6.45) is 0.464. The van der Waals surface area contributed by atoms with Crippen LogP contribution in [0.1, 0.15) is 33.9 Å². The molecule has 1 unspecified atom stereocenters. The number of anilines is 1. The normalized spacial score (nSPS) is 18.0. The first-order valence-corrected chi connectivity index (χ1v) is 10.2. The van der Waals surface area contributed by atoms with Crippen molar-refractivity contribution in [1.82, 2.24) is 0 Å². The molecule has 2 heterocycles. The summed E-state index contributed by atoms with van der Waals surface area (Å²) in [5.41, 5.74) is 0.976. The second kappa shape index (κ2) is 8.09. The van der Waals surface area contributed by atoms with Crippen molar-refractivity contribution in [3.05, 3.63) is 88.3 Å². The van der Waals surface area contributed by atoms with E-state index in [1.165, 1.54) is 0 Å². The number of Topliss-reactive ketones (excluding diaryl/α,β-unsaturated/α-hetero) is 1. The lowest BCUT2D eigenvalue weighted by molar-refractivity contribution is -0.124. The minimum Gasteiger partial charge on any atom is -0.458 e. The lowest BCUT2D eigenvalue weighted by Crippen LogP contribution is -2.45. The molecule has 3 aromatic rings. The average Bonchev–Trinajstić information content (AvgIpc) is 3.28.